The second-order valence-electron chi connectivity index (χ2n) is 5.28. The zero-order valence-electron chi connectivity index (χ0n) is 14.4. The number of alkyl halides is 6. The average Bonchev–Trinajstić information content (AvgIpc) is 2.93. The van der Waals surface area contributed by atoms with Crippen LogP contribution in [0.4, 0.5) is 26.3 Å². The highest BCUT2D eigenvalue weighted by molar-refractivity contribution is 8.00. The minimum Gasteiger partial charge on any atom is -0.466 e. The van der Waals surface area contributed by atoms with Crippen molar-refractivity contribution >= 4 is 47.0 Å². The van der Waals surface area contributed by atoms with E-state index >= 15 is 0 Å². The summed E-state index contributed by atoms with van der Waals surface area (Å²) in [6.07, 6.45) is -3.21. The first-order valence-corrected chi connectivity index (χ1v) is 8.97. The van der Waals surface area contributed by atoms with Crippen molar-refractivity contribution in [2.75, 3.05) is 7.11 Å². The van der Waals surface area contributed by atoms with E-state index in [4.69, 9.17) is 23.2 Å². The number of ether oxygens (including phenoxy) is 1. The lowest BCUT2D eigenvalue weighted by Crippen LogP contribution is -2.08. The number of carbonyl (C=O) groups is 1. The molecule has 1 aromatic heterocycles. The topological polar surface area (TPSA) is 67.9 Å². The summed E-state index contributed by atoms with van der Waals surface area (Å²) < 4.78 is 82.8. The van der Waals surface area contributed by atoms with Gasteiger partial charge in [-0.15, -0.1) is 0 Å². The lowest BCUT2D eigenvalue weighted by Gasteiger charge is -2.14. The summed E-state index contributed by atoms with van der Waals surface area (Å²) in [5.74, 6) is -0.950. The van der Waals surface area contributed by atoms with Crippen LogP contribution in [0.15, 0.2) is 23.1 Å². The summed E-state index contributed by atoms with van der Waals surface area (Å²) in [5, 5.41) is 11.7. The van der Waals surface area contributed by atoms with Crippen LogP contribution in [0.25, 0.3) is 11.8 Å². The normalized spacial score (nSPS) is 12.3. The van der Waals surface area contributed by atoms with E-state index in [9.17, 15) is 36.4 Å². The molecule has 0 radical (unpaired) electrons. The zero-order valence-corrected chi connectivity index (χ0v) is 16.7. The lowest BCUT2D eigenvalue weighted by molar-refractivity contribution is -0.137. The number of benzene rings is 1. The minimum absolute atomic E-state index is 0.415. The molecule has 0 aliphatic carbocycles. The molecule has 0 atom stereocenters. The molecule has 0 fully saturated rings. The number of halogens is 8. The zero-order chi connectivity index (χ0) is 22.9. The van der Waals surface area contributed by atoms with Crippen molar-refractivity contribution in [1.29, 1.82) is 5.26 Å². The lowest BCUT2D eigenvalue weighted by atomic mass is 10.2. The molecule has 1 heterocycles. The third kappa shape index (κ3) is 5.41. The van der Waals surface area contributed by atoms with Crippen LogP contribution in [0, 0.1) is 11.3 Å². The summed E-state index contributed by atoms with van der Waals surface area (Å²) >= 11 is 11.1. The summed E-state index contributed by atoms with van der Waals surface area (Å²) in [4.78, 5) is 10.7. The largest absolute Gasteiger partial charge is 0.466 e. The van der Waals surface area contributed by atoms with Crippen molar-refractivity contribution in [1.82, 2.24) is 9.78 Å². The third-order valence-corrected chi connectivity index (χ3v) is 4.75. The Kier molecular flexibility index (Phi) is 7.01. The van der Waals surface area contributed by atoms with Gasteiger partial charge >= 0.3 is 17.7 Å². The first-order valence-electron chi connectivity index (χ1n) is 7.40. The predicted molar refractivity (Wildman–Crippen MR) is 96.3 cm³/mol. The molecule has 30 heavy (non-hydrogen) atoms. The maximum Gasteiger partial charge on any atom is 0.446 e. The maximum atomic E-state index is 13.0. The Morgan fingerprint density at radius 1 is 1.23 bits per heavy atom. The molecule has 0 bridgehead atoms. The average molecular weight is 490 g/mol. The number of thioether (sulfide) groups is 1. The molecular formula is C16H7Cl2F6N3O2S. The molecule has 0 unspecified atom stereocenters. The number of nitrogens with zero attached hydrogens (tertiary/aromatic N) is 3. The van der Waals surface area contributed by atoms with Gasteiger partial charge in [0.1, 0.15) is 11.8 Å². The smallest absolute Gasteiger partial charge is 0.446 e. The molecule has 0 aliphatic rings. The van der Waals surface area contributed by atoms with Crippen molar-refractivity contribution < 1.29 is 35.9 Å². The van der Waals surface area contributed by atoms with Crippen LogP contribution in [0.5, 0.6) is 0 Å². The second kappa shape index (κ2) is 8.79. The molecular weight excluding hydrogens is 483 g/mol. The number of rotatable bonds is 4. The Balaban J connectivity index is 2.81. The number of esters is 1. The fourth-order valence-electron chi connectivity index (χ4n) is 2.17. The first kappa shape index (κ1) is 23.9. The van der Waals surface area contributed by atoms with Crippen LogP contribution in [0.2, 0.25) is 10.0 Å². The molecule has 0 amide bonds. The summed E-state index contributed by atoms with van der Waals surface area (Å²) in [7, 11) is 1.01. The molecule has 2 rings (SSSR count). The monoisotopic (exact) mass is 489 g/mol. The van der Waals surface area contributed by atoms with Gasteiger partial charge in [-0.25, -0.2) is 9.48 Å². The number of hydrogen-bond acceptors (Lipinski definition) is 5. The quantitative estimate of drug-likeness (QED) is 0.232. The van der Waals surface area contributed by atoms with Gasteiger partial charge in [-0.1, -0.05) is 23.2 Å². The van der Waals surface area contributed by atoms with Crippen LogP contribution < -0.4 is 0 Å². The van der Waals surface area contributed by atoms with Gasteiger partial charge in [0.25, 0.3) is 0 Å². The summed E-state index contributed by atoms with van der Waals surface area (Å²) in [5.41, 5.74) is -7.65. The minimum atomic E-state index is -4.85. The SMILES string of the molecule is COC(=O)C=Cc1c(SC(F)(F)F)c(C#N)nn1-c1c(Cl)cc(C(F)(F)F)cc1Cl. The number of carbonyl (C=O) groups excluding carboxylic acids is 1. The molecule has 0 spiro atoms. The summed E-state index contributed by atoms with van der Waals surface area (Å²) in [6, 6.07) is 2.46. The van der Waals surface area contributed by atoms with Crippen LogP contribution >= 0.6 is 35.0 Å². The van der Waals surface area contributed by atoms with Crippen molar-refractivity contribution in [3.63, 3.8) is 0 Å². The van der Waals surface area contributed by atoms with Crippen molar-refractivity contribution in [3.05, 3.63) is 45.2 Å². The molecule has 160 valence electrons. The van der Waals surface area contributed by atoms with E-state index in [1.54, 1.807) is 0 Å². The van der Waals surface area contributed by atoms with E-state index in [1.807, 2.05) is 0 Å². The van der Waals surface area contributed by atoms with Gasteiger partial charge in [0.2, 0.25) is 0 Å². The van der Waals surface area contributed by atoms with Gasteiger partial charge < -0.3 is 4.74 Å². The van der Waals surface area contributed by atoms with Crippen LogP contribution in [0.1, 0.15) is 17.0 Å². The van der Waals surface area contributed by atoms with Crippen LogP contribution in [-0.2, 0) is 15.7 Å². The van der Waals surface area contributed by atoms with Gasteiger partial charge in [0, 0.05) is 6.08 Å². The second-order valence-corrected chi connectivity index (χ2v) is 7.17. The Bertz CT molecular complexity index is 1030. The Morgan fingerprint density at radius 3 is 2.23 bits per heavy atom. The molecule has 5 nitrogen and oxygen atoms in total. The first-order chi connectivity index (χ1) is 13.8. The Hall–Kier alpha value is -2.36. The molecule has 14 heteroatoms. The third-order valence-electron chi connectivity index (χ3n) is 3.33. The van der Waals surface area contributed by atoms with E-state index in [1.165, 1.54) is 6.07 Å². The van der Waals surface area contributed by atoms with E-state index in [0.717, 1.165) is 19.3 Å². The molecule has 0 N–H and O–H groups in total. The number of hydrogen-bond donors (Lipinski definition) is 0. The van der Waals surface area contributed by atoms with Gasteiger partial charge in [-0.3, -0.25) is 0 Å². The predicted octanol–water partition coefficient (Wildman–Crippen LogP) is 5.87. The highest BCUT2D eigenvalue weighted by Crippen LogP contribution is 2.43. The molecule has 0 saturated carbocycles. The molecule has 0 saturated heterocycles. The number of methoxy groups -OCH3 is 1. The Morgan fingerprint density at radius 2 is 1.80 bits per heavy atom. The van der Waals surface area contributed by atoms with Gasteiger partial charge in [-0.2, -0.15) is 36.7 Å². The van der Waals surface area contributed by atoms with E-state index in [0.29, 0.717) is 16.8 Å². The van der Waals surface area contributed by atoms with Gasteiger partial charge in [0.05, 0.1) is 33.3 Å². The molecule has 2 aromatic rings. The highest BCUT2D eigenvalue weighted by atomic mass is 35.5. The van der Waals surface area contributed by atoms with Crippen LogP contribution in [0.3, 0.4) is 0 Å². The molecule has 0 aliphatic heterocycles. The highest BCUT2D eigenvalue weighted by Gasteiger charge is 2.36. The van der Waals surface area contributed by atoms with E-state index < -0.39 is 67.0 Å². The van der Waals surface area contributed by atoms with Crippen molar-refractivity contribution in [2.24, 2.45) is 0 Å². The maximum absolute atomic E-state index is 13.0. The van der Waals surface area contributed by atoms with Gasteiger partial charge in [-0.05, 0) is 30.0 Å². The van der Waals surface area contributed by atoms with Crippen molar-refractivity contribution in [2.45, 2.75) is 16.6 Å². The summed E-state index contributed by atoms with van der Waals surface area (Å²) in [6.45, 7) is 0. The molecule has 1 aromatic carbocycles. The van der Waals surface area contributed by atoms with E-state index in [2.05, 4.69) is 9.84 Å². The number of nitriles is 1. The fourth-order valence-corrected chi connectivity index (χ4v) is 3.49. The fraction of sp³-hybridized carbons (Fsp3) is 0.188. The Labute approximate surface area is 178 Å². The van der Waals surface area contributed by atoms with Crippen molar-refractivity contribution in [3.8, 4) is 11.8 Å². The number of aromatic nitrogens is 2. The van der Waals surface area contributed by atoms with Gasteiger partial charge in [0.15, 0.2) is 5.69 Å². The van der Waals surface area contributed by atoms with E-state index in [-0.39, 0.29) is 0 Å². The van der Waals surface area contributed by atoms with Crippen LogP contribution in [-0.4, -0.2) is 28.4 Å². The standard InChI is InChI=1S/C16H7Cl2F6N3O2S/c1-29-12(28)3-2-11-14(30-16(22,23)24)10(6-25)26-27(11)13-8(17)4-7(5-9(13)18)15(19,20)21/h2-5H,1H3.